The molecule has 6 rings (SSSR count). The number of phenolic OH excluding ortho intramolecular Hbond substituents is 1. The van der Waals surface area contributed by atoms with Gasteiger partial charge in [-0.1, -0.05) is 74.5 Å². The molecule has 642 valence electrons. The van der Waals surface area contributed by atoms with Crippen LogP contribution in [0.1, 0.15) is 107 Å². The lowest BCUT2D eigenvalue weighted by atomic mass is 10.0. The van der Waals surface area contributed by atoms with Gasteiger partial charge in [0.15, 0.2) is 5.96 Å². The molecule has 3 aromatic carbocycles. The highest BCUT2D eigenvalue weighted by atomic mass is 32.2. The Morgan fingerprint density at radius 2 is 1.09 bits per heavy atom. The Balaban J connectivity index is 1.25. The predicted octanol–water partition coefficient (Wildman–Crippen LogP) is -4.54. The highest BCUT2D eigenvalue weighted by Gasteiger charge is 2.41. The third-order valence-electron chi connectivity index (χ3n) is 19.2. The van der Waals surface area contributed by atoms with Crippen LogP contribution in [0.25, 0.3) is 10.9 Å². The maximum atomic E-state index is 15.2. The molecule has 0 unspecified atom stereocenters. The molecule has 0 radical (unpaired) electrons. The van der Waals surface area contributed by atoms with Gasteiger partial charge in [-0.15, -0.1) is 0 Å². The lowest BCUT2D eigenvalue weighted by Crippen LogP contribution is -2.61. The first-order valence-electron chi connectivity index (χ1n) is 38.5. The number of nitrogens with zero attached hydrogens (tertiary/aromatic N) is 2. The number of amides is 14. The lowest BCUT2D eigenvalue weighted by molar-refractivity contribution is -0.142. The summed E-state index contributed by atoms with van der Waals surface area (Å²) in [6.07, 6.45) is 4.64. The summed E-state index contributed by atoms with van der Waals surface area (Å²) in [7, 11) is 0. The quantitative estimate of drug-likeness (QED) is 0.00991. The van der Waals surface area contributed by atoms with Gasteiger partial charge in [0.2, 0.25) is 82.7 Å². The minimum absolute atomic E-state index is 0.00491. The highest BCUT2D eigenvalue weighted by molar-refractivity contribution is 7.98. The fourth-order valence-electron chi connectivity index (χ4n) is 12.9. The number of para-hydroxylation sites is 1. The van der Waals surface area contributed by atoms with E-state index in [0.29, 0.717) is 46.9 Å². The van der Waals surface area contributed by atoms with Crippen molar-refractivity contribution in [2.24, 2.45) is 23.1 Å². The van der Waals surface area contributed by atoms with Crippen molar-refractivity contribution in [1.82, 2.24) is 89.0 Å². The average molecular weight is 1660 g/mol. The second kappa shape index (κ2) is 48.3. The second-order valence-corrected chi connectivity index (χ2v) is 29.6. The molecule has 41 heteroatoms. The molecular formula is C77H109N21O19S. The maximum absolute atomic E-state index is 15.2. The normalized spacial score (nSPS) is 15.2. The zero-order chi connectivity index (χ0) is 86.5. The van der Waals surface area contributed by atoms with E-state index in [4.69, 9.17) is 22.6 Å². The number of imidazole rings is 1. The van der Waals surface area contributed by atoms with Crippen LogP contribution in [0.4, 0.5) is 0 Å². The van der Waals surface area contributed by atoms with E-state index in [0.717, 1.165) is 6.92 Å². The van der Waals surface area contributed by atoms with Crippen LogP contribution in [0, 0.1) is 11.3 Å². The van der Waals surface area contributed by atoms with Gasteiger partial charge in [0.1, 0.15) is 78.3 Å². The Morgan fingerprint density at radius 3 is 1.64 bits per heavy atom. The number of carbonyl (C=O) groups is 15. The number of nitrogens with one attached hydrogen (secondary N) is 16. The third kappa shape index (κ3) is 30.8. The first-order chi connectivity index (χ1) is 56.3. The maximum Gasteiger partial charge on any atom is 0.303 e. The minimum atomic E-state index is -1.84. The van der Waals surface area contributed by atoms with Gasteiger partial charge in [-0.3, -0.25) is 77.3 Å². The SMILES string of the molecule is CSCC[C@H](NC(=O)[C@H](CO)NC(=O)[C@H](Cc1ccc(O)cc1)NC(=O)[C@H](CO)NC(C)=O)C(=O)N[C@@H](CCC(=O)O)C(=O)N[C@@H](Cc1cnc[nH]1)C(=O)N[C@H](Cc1ccccc1)C(=O)N[C@@H](CCCNC(=N)N)C(=O)N[C@@H](Cc1c[nH]c2ccccc12)C(=O)NCC(=O)N[C@@H](CCCCN)C(=O)N1CCC[C@H]1C(=O)N[C@@H](C(N)=O)C(C)C. The Kier molecular flexibility index (Phi) is 38.8. The van der Waals surface area contributed by atoms with E-state index in [1.807, 2.05) is 0 Å². The smallest absolute Gasteiger partial charge is 0.303 e. The number of benzene rings is 3. The molecule has 0 bridgehead atoms. The van der Waals surface area contributed by atoms with Gasteiger partial charge in [-0.2, -0.15) is 11.8 Å². The third-order valence-corrected chi connectivity index (χ3v) is 19.9. The van der Waals surface area contributed by atoms with Crippen molar-refractivity contribution < 1.29 is 92.3 Å². The van der Waals surface area contributed by atoms with Crippen molar-refractivity contribution in [3.8, 4) is 5.75 Å². The Bertz CT molecular complexity index is 4250. The van der Waals surface area contributed by atoms with Crippen LogP contribution in [0.3, 0.4) is 0 Å². The number of likely N-dealkylation sites (tertiary alicyclic amines) is 1. The number of H-pyrrole nitrogens is 2. The number of hydrogen-bond donors (Lipinski definition) is 23. The fraction of sp³-hybridized carbons (Fsp3) is 0.494. The molecule has 3 heterocycles. The number of primary amides is 1. The van der Waals surface area contributed by atoms with Crippen LogP contribution >= 0.6 is 11.8 Å². The van der Waals surface area contributed by atoms with Crippen LogP contribution < -0.4 is 86.3 Å². The first kappa shape index (κ1) is 94.6. The number of nitrogens with two attached hydrogens (primary N) is 3. The number of aliphatic carboxylic acids is 1. The van der Waals surface area contributed by atoms with Crippen LogP contribution in [-0.4, -0.2) is 259 Å². The largest absolute Gasteiger partial charge is 0.508 e. The Morgan fingerprint density at radius 1 is 0.576 bits per heavy atom. The molecule has 1 aliphatic rings. The lowest BCUT2D eigenvalue weighted by Gasteiger charge is -2.30. The number of thioether (sulfide) groups is 1. The number of aliphatic hydroxyl groups excluding tert-OH is 2. The van der Waals surface area contributed by atoms with Crippen molar-refractivity contribution in [1.29, 1.82) is 5.41 Å². The van der Waals surface area contributed by atoms with Crippen LogP contribution in [0.5, 0.6) is 5.75 Å². The summed E-state index contributed by atoms with van der Waals surface area (Å²) in [5.41, 5.74) is 19.3. The molecule has 1 fully saturated rings. The van der Waals surface area contributed by atoms with Crippen LogP contribution in [-0.2, 0) is 97.6 Å². The molecule has 0 spiro atoms. The predicted molar refractivity (Wildman–Crippen MR) is 431 cm³/mol. The topological polar surface area (TPSA) is 643 Å². The number of rotatable bonds is 50. The molecule has 0 saturated carbocycles. The fourth-order valence-corrected chi connectivity index (χ4v) is 13.4. The Hall–Kier alpha value is -12.2. The number of carboxylic acids is 1. The number of carboxylic acid groups (broad SMARTS) is 1. The van der Waals surface area contributed by atoms with Gasteiger partial charge in [-0.05, 0) is 117 Å². The summed E-state index contributed by atoms with van der Waals surface area (Å²) in [4.78, 5) is 220. The number of guanidine groups is 1. The van der Waals surface area contributed by atoms with Gasteiger partial charge >= 0.3 is 5.97 Å². The first-order valence-corrected chi connectivity index (χ1v) is 39.9. The number of phenols is 1. The molecule has 0 aliphatic carbocycles. The molecule has 26 N–H and O–H groups in total. The van der Waals surface area contributed by atoms with Crippen molar-refractivity contribution in [2.45, 2.75) is 183 Å². The van der Waals surface area contributed by atoms with E-state index in [9.17, 15) is 78.0 Å². The molecule has 12 atom stereocenters. The number of aromatic hydroxyl groups is 1. The van der Waals surface area contributed by atoms with Gasteiger partial charge in [0, 0.05) is 81.1 Å². The van der Waals surface area contributed by atoms with E-state index in [2.05, 4.69) is 84.1 Å². The molecule has 118 heavy (non-hydrogen) atoms. The summed E-state index contributed by atoms with van der Waals surface area (Å²) in [6.45, 7) is 2.20. The molecule has 2 aromatic heterocycles. The molecular weight excluding hydrogens is 1560 g/mol. The van der Waals surface area contributed by atoms with Crippen LogP contribution in [0.2, 0.25) is 0 Å². The number of aliphatic hydroxyl groups is 2. The van der Waals surface area contributed by atoms with Gasteiger partial charge in [-0.25, -0.2) is 4.98 Å². The van der Waals surface area contributed by atoms with Crippen LogP contribution in [0.15, 0.2) is 97.6 Å². The number of fused-ring (bicyclic) bond motifs is 1. The number of unbranched alkanes of at least 4 members (excludes halogenated alkanes) is 1. The molecule has 5 aromatic rings. The highest BCUT2D eigenvalue weighted by Crippen LogP contribution is 2.23. The van der Waals surface area contributed by atoms with Crippen molar-refractivity contribution >= 4 is 117 Å². The van der Waals surface area contributed by atoms with E-state index in [1.165, 1.54) is 53.5 Å². The number of hydrogen-bond acceptors (Lipinski definition) is 22. The zero-order valence-corrected chi connectivity index (χ0v) is 66.9. The van der Waals surface area contributed by atoms with E-state index >= 15 is 14.4 Å². The van der Waals surface area contributed by atoms with Gasteiger partial charge in [0.25, 0.3) is 0 Å². The number of aromatic amines is 2. The molecule has 1 saturated heterocycles. The second-order valence-electron chi connectivity index (χ2n) is 28.7. The average Bonchev–Trinajstić information content (AvgIpc) is 1.64. The summed E-state index contributed by atoms with van der Waals surface area (Å²) in [6, 6.07) is 2.94. The summed E-state index contributed by atoms with van der Waals surface area (Å²) < 4.78 is 0. The number of aromatic nitrogens is 3. The van der Waals surface area contributed by atoms with E-state index < -0.39 is 206 Å². The Labute approximate surface area is 684 Å². The molecule has 1 aliphatic heterocycles. The standard InChI is InChI=1S/C77H109N21O19S/c1-42(2)64(65(79)106)97-75(116)61-20-13-30-98(61)76(117)54(18-10-11-28-78)88-62(103)38-85-66(107)57(34-46-36-84-50-17-9-8-16-49(46)50)94-67(108)51(19-12-29-83-77(80)81)89-70(111)55(32-44-14-6-5-7-15-44)92-72(113)58(35-47-37-82-41-86-47)95-68(109)52(25-26-63(104)105)90-69(110)53(27-31-118-4)91-74(115)60(40-100)96-71(112)56(33-45-21-23-48(102)24-22-45)93-73(114)59(39-99)87-43(3)101/h5-9,14-17,21-24,36-37,41-42,51-61,64,84,99-100,102H,10-13,18-20,25-35,38-40,78H2,1-4H3,(H2,79,106)(H,82,86)(H,85,107)(H,87,101)(H,88,103)(H,89,111)(H,90,110)(H,91,115)(H,92,113)(H,93,114)(H,94,108)(H,95,109)(H,96,112)(H,97,116)(H,104,105)(H4,80,81,83)/t51-,52-,53-,54-,55+,56-,57-,58-,59-,60-,61-,64+/m0/s1. The van der Waals surface area contributed by atoms with Gasteiger partial charge in [0.05, 0.1) is 26.1 Å². The molecule has 14 amide bonds. The minimum Gasteiger partial charge on any atom is -0.508 e. The molecule has 40 nitrogen and oxygen atoms in total. The van der Waals surface area contributed by atoms with E-state index in [-0.39, 0.29) is 94.1 Å². The summed E-state index contributed by atoms with van der Waals surface area (Å²) >= 11 is 1.23. The van der Waals surface area contributed by atoms with E-state index in [1.54, 1.807) is 80.9 Å². The summed E-state index contributed by atoms with van der Waals surface area (Å²) in [5, 5.41) is 81.9. The number of carbonyl (C=O) groups excluding carboxylic acids is 14. The summed E-state index contributed by atoms with van der Waals surface area (Å²) in [5.74, 6) is -14.9. The van der Waals surface area contributed by atoms with Crippen molar-refractivity contribution in [3.63, 3.8) is 0 Å². The van der Waals surface area contributed by atoms with Crippen molar-refractivity contribution in [3.05, 3.63) is 120 Å². The van der Waals surface area contributed by atoms with Crippen molar-refractivity contribution in [2.75, 3.05) is 51.4 Å². The van der Waals surface area contributed by atoms with Gasteiger partial charge < -0.3 is 122 Å². The monoisotopic (exact) mass is 1660 g/mol. The zero-order valence-electron chi connectivity index (χ0n) is 66.0.